The van der Waals surface area contributed by atoms with Gasteiger partial charge in [0.1, 0.15) is 5.82 Å². The van der Waals surface area contributed by atoms with Crippen LogP contribution < -0.4 is 5.73 Å². The fourth-order valence-electron chi connectivity index (χ4n) is 2.30. The van der Waals surface area contributed by atoms with E-state index in [1.54, 1.807) is 6.07 Å². The van der Waals surface area contributed by atoms with Crippen LogP contribution in [0, 0.1) is 5.82 Å². The molecule has 1 unspecified atom stereocenters. The van der Waals surface area contributed by atoms with Crippen LogP contribution in [0.4, 0.5) is 4.39 Å². The minimum absolute atomic E-state index is 0.136. The zero-order valence-electron chi connectivity index (χ0n) is 11.4. The molecule has 0 aromatic heterocycles. The first kappa shape index (κ1) is 15.2. The second-order valence-electron chi connectivity index (χ2n) is 4.82. The van der Waals surface area contributed by atoms with E-state index < -0.39 is 0 Å². The number of benzene rings is 2. The number of likely N-dealkylation sites (N-methyl/N-ethyl adjacent to an activating group) is 1. The number of hydrogen-bond donors (Lipinski definition) is 1. The van der Waals surface area contributed by atoms with Gasteiger partial charge >= 0.3 is 0 Å². The minimum atomic E-state index is -0.227. The van der Waals surface area contributed by atoms with Crippen LogP contribution in [-0.2, 0) is 6.54 Å². The topological polar surface area (TPSA) is 29.3 Å². The van der Waals surface area contributed by atoms with Gasteiger partial charge in [0.25, 0.3) is 0 Å². The predicted octanol–water partition coefficient (Wildman–Crippen LogP) is 3.72. The monoisotopic (exact) mass is 336 g/mol. The summed E-state index contributed by atoms with van der Waals surface area (Å²) in [6.07, 6.45) is 0. The van der Waals surface area contributed by atoms with Crippen LogP contribution in [0.3, 0.4) is 0 Å². The Morgan fingerprint density at radius 3 is 2.50 bits per heavy atom. The van der Waals surface area contributed by atoms with Crippen molar-refractivity contribution >= 4 is 15.9 Å². The summed E-state index contributed by atoms with van der Waals surface area (Å²) >= 11 is 3.27. The SMILES string of the molecule is CN(Cc1ccccc1)C(CN)c1ccc(Br)cc1F. The van der Waals surface area contributed by atoms with Gasteiger partial charge in [0.05, 0.1) is 0 Å². The van der Waals surface area contributed by atoms with Gasteiger partial charge in [-0.05, 0) is 24.7 Å². The zero-order chi connectivity index (χ0) is 14.5. The Bertz CT molecular complexity index is 560. The maximum atomic E-state index is 14.1. The van der Waals surface area contributed by atoms with Crippen LogP contribution >= 0.6 is 15.9 Å². The number of hydrogen-bond acceptors (Lipinski definition) is 2. The predicted molar refractivity (Wildman–Crippen MR) is 83.8 cm³/mol. The molecule has 0 aliphatic carbocycles. The lowest BCUT2D eigenvalue weighted by atomic mass is 10.0. The van der Waals surface area contributed by atoms with Crippen molar-refractivity contribution in [3.63, 3.8) is 0 Å². The molecule has 2 rings (SSSR count). The average Bonchev–Trinajstić information content (AvgIpc) is 2.43. The highest BCUT2D eigenvalue weighted by Gasteiger charge is 2.19. The van der Waals surface area contributed by atoms with Gasteiger partial charge in [0.15, 0.2) is 0 Å². The first-order valence-corrected chi connectivity index (χ1v) is 7.30. The summed E-state index contributed by atoms with van der Waals surface area (Å²) in [7, 11) is 1.96. The number of nitrogens with zero attached hydrogens (tertiary/aromatic N) is 1. The van der Waals surface area contributed by atoms with E-state index in [0.29, 0.717) is 12.1 Å². The second-order valence-corrected chi connectivity index (χ2v) is 5.73. The first-order chi connectivity index (χ1) is 9.61. The molecule has 0 fully saturated rings. The van der Waals surface area contributed by atoms with Crippen molar-refractivity contribution in [2.45, 2.75) is 12.6 Å². The standard InChI is InChI=1S/C16H18BrFN2/c1-20(11-12-5-3-2-4-6-12)16(10-19)14-8-7-13(17)9-15(14)18/h2-9,16H,10-11,19H2,1H3. The van der Waals surface area contributed by atoms with E-state index in [0.717, 1.165) is 11.0 Å². The summed E-state index contributed by atoms with van der Waals surface area (Å²) in [4.78, 5) is 2.07. The Morgan fingerprint density at radius 1 is 1.20 bits per heavy atom. The Morgan fingerprint density at radius 2 is 1.90 bits per heavy atom. The van der Waals surface area contributed by atoms with Gasteiger partial charge in [0.2, 0.25) is 0 Å². The molecule has 106 valence electrons. The van der Waals surface area contributed by atoms with Gasteiger partial charge in [-0.3, -0.25) is 4.90 Å². The molecule has 20 heavy (non-hydrogen) atoms. The highest BCUT2D eigenvalue weighted by atomic mass is 79.9. The summed E-state index contributed by atoms with van der Waals surface area (Å²) in [5.41, 5.74) is 7.67. The molecule has 0 saturated heterocycles. The molecule has 0 radical (unpaired) electrons. The lowest BCUT2D eigenvalue weighted by molar-refractivity contribution is 0.236. The Kier molecular flexibility index (Phi) is 5.29. The normalized spacial score (nSPS) is 12.7. The van der Waals surface area contributed by atoms with Gasteiger partial charge in [-0.1, -0.05) is 52.3 Å². The molecule has 1 atom stereocenters. The quantitative estimate of drug-likeness (QED) is 0.901. The second kappa shape index (κ2) is 6.97. The van der Waals surface area contributed by atoms with Crippen molar-refractivity contribution in [2.75, 3.05) is 13.6 Å². The van der Waals surface area contributed by atoms with E-state index >= 15 is 0 Å². The largest absolute Gasteiger partial charge is 0.329 e. The third kappa shape index (κ3) is 3.66. The van der Waals surface area contributed by atoms with E-state index in [1.807, 2.05) is 31.3 Å². The number of halogens is 2. The molecule has 0 spiro atoms. The van der Waals surface area contributed by atoms with Crippen molar-refractivity contribution in [3.05, 3.63) is 69.9 Å². The maximum absolute atomic E-state index is 14.1. The summed E-state index contributed by atoms with van der Waals surface area (Å²) in [5, 5.41) is 0. The number of nitrogens with two attached hydrogens (primary N) is 1. The van der Waals surface area contributed by atoms with Gasteiger partial charge in [-0.25, -0.2) is 4.39 Å². The highest BCUT2D eigenvalue weighted by molar-refractivity contribution is 9.10. The fourth-order valence-corrected chi connectivity index (χ4v) is 2.63. The Labute approximate surface area is 127 Å². The van der Waals surface area contributed by atoms with Crippen molar-refractivity contribution in [3.8, 4) is 0 Å². The van der Waals surface area contributed by atoms with E-state index in [2.05, 4.69) is 33.0 Å². The van der Waals surface area contributed by atoms with Gasteiger partial charge < -0.3 is 5.73 Å². The molecule has 0 saturated carbocycles. The van der Waals surface area contributed by atoms with Crippen molar-refractivity contribution < 1.29 is 4.39 Å². The fraction of sp³-hybridized carbons (Fsp3) is 0.250. The maximum Gasteiger partial charge on any atom is 0.129 e. The smallest absolute Gasteiger partial charge is 0.129 e. The molecule has 0 heterocycles. The average molecular weight is 337 g/mol. The lowest BCUT2D eigenvalue weighted by Crippen LogP contribution is -2.30. The van der Waals surface area contributed by atoms with E-state index in [4.69, 9.17) is 5.73 Å². The van der Waals surface area contributed by atoms with Crippen LogP contribution in [0.15, 0.2) is 53.0 Å². The summed E-state index contributed by atoms with van der Waals surface area (Å²) in [6, 6.07) is 15.1. The van der Waals surface area contributed by atoms with Crippen molar-refractivity contribution in [1.82, 2.24) is 4.90 Å². The van der Waals surface area contributed by atoms with Crippen LogP contribution in [0.2, 0.25) is 0 Å². The molecular formula is C16H18BrFN2. The molecule has 0 aliphatic heterocycles. The molecule has 2 N–H and O–H groups in total. The third-order valence-corrected chi connectivity index (χ3v) is 3.84. The lowest BCUT2D eigenvalue weighted by Gasteiger charge is -2.27. The van der Waals surface area contributed by atoms with Crippen LogP contribution in [0.25, 0.3) is 0 Å². The minimum Gasteiger partial charge on any atom is -0.329 e. The molecule has 2 nitrogen and oxygen atoms in total. The Balaban J connectivity index is 2.19. The summed E-state index contributed by atoms with van der Waals surface area (Å²) < 4.78 is 14.8. The Hall–Kier alpha value is -1.23. The van der Waals surface area contributed by atoms with Crippen molar-refractivity contribution in [1.29, 1.82) is 0 Å². The molecule has 4 heteroatoms. The molecule has 0 aliphatic rings. The molecule has 2 aromatic rings. The van der Waals surface area contributed by atoms with Crippen LogP contribution in [-0.4, -0.2) is 18.5 Å². The van der Waals surface area contributed by atoms with E-state index in [-0.39, 0.29) is 11.9 Å². The van der Waals surface area contributed by atoms with Gasteiger partial charge in [0, 0.05) is 29.2 Å². The highest BCUT2D eigenvalue weighted by Crippen LogP contribution is 2.25. The van der Waals surface area contributed by atoms with Gasteiger partial charge in [-0.2, -0.15) is 0 Å². The summed E-state index contributed by atoms with van der Waals surface area (Å²) in [6.45, 7) is 1.11. The zero-order valence-corrected chi connectivity index (χ0v) is 13.0. The van der Waals surface area contributed by atoms with E-state index in [9.17, 15) is 4.39 Å². The summed E-state index contributed by atoms with van der Waals surface area (Å²) in [5.74, 6) is -0.227. The van der Waals surface area contributed by atoms with E-state index in [1.165, 1.54) is 11.6 Å². The van der Waals surface area contributed by atoms with Gasteiger partial charge in [-0.15, -0.1) is 0 Å². The first-order valence-electron chi connectivity index (χ1n) is 6.51. The molecular weight excluding hydrogens is 319 g/mol. The molecule has 0 bridgehead atoms. The van der Waals surface area contributed by atoms with Crippen LogP contribution in [0.1, 0.15) is 17.2 Å². The molecule has 2 aromatic carbocycles. The molecule has 0 amide bonds. The van der Waals surface area contributed by atoms with Crippen molar-refractivity contribution in [2.24, 2.45) is 5.73 Å². The van der Waals surface area contributed by atoms with Crippen LogP contribution in [0.5, 0.6) is 0 Å². The number of rotatable bonds is 5. The third-order valence-electron chi connectivity index (χ3n) is 3.35.